The maximum absolute atomic E-state index is 12.4. The van der Waals surface area contributed by atoms with Gasteiger partial charge < -0.3 is 14.8 Å². The van der Waals surface area contributed by atoms with Gasteiger partial charge in [0.15, 0.2) is 11.5 Å². The molecule has 0 bridgehead atoms. The highest BCUT2D eigenvalue weighted by Crippen LogP contribution is 2.32. The van der Waals surface area contributed by atoms with Crippen LogP contribution >= 0.6 is 0 Å². The molecule has 5 heteroatoms. The smallest absolute Gasteiger partial charge is 0.387 e. The van der Waals surface area contributed by atoms with Crippen LogP contribution in [0.15, 0.2) is 18.2 Å². The molecule has 2 rings (SSSR count). The van der Waals surface area contributed by atoms with Gasteiger partial charge in [0.05, 0.1) is 7.11 Å². The minimum Gasteiger partial charge on any atom is -0.493 e. The van der Waals surface area contributed by atoms with Gasteiger partial charge in [0, 0.05) is 17.8 Å². The predicted octanol–water partition coefficient (Wildman–Crippen LogP) is 4.43. The Morgan fingerprint density at radius 1 is 1.10 bits per heavy atom. The molecule has 0 unspecified atom stereocenters. The molecular formula is C15H21F2NO2. The zero-order chi connectivity index (χ0) is 14.4. The van der Waals surface area contributed by atoms with Gasteiger partial charge in [-0.25, -0.2) is 0 Å². The highest BCUT2D eigenvalue weighted by Gasteiger charge is 2.15. The van der Waals surface area contributed by atoms with E-state index in [2.05, 4.69) is 10.1 Å². The Bertz CT molecular complexity index is 418. The second kappa shape index (κ2) is 7.31. The third kappa shape index (κ3) is 4.25. The quantitative estimate of drug-likeness (QED) is 0.812. The molecule has 20 heavy (non-hydrogen) atoms. The third-order valence-electron chi connectivity index (χ3n) is 3.61. The zero-order valence-corrected chi connectivity index (χ0v) is 11.7. The standard InChI is InChI=1S/C15H21F2NO2/c1-19-13-9-8-12(10-14(13)20-15(16)17)18-11-6-4-2-3-5-7-11/h8-11,15,18H,2-7H2,1H3. The molecule has 1 aromatic carbocycles. The lowest BCUT2D eigenvalue weighted by molar-refractivity contribution is -0.0511. The average molecular weight is 285 g/mol. The van der Waals surface area contributed by atoms with E-state index < -0.39 is 6.61 Å². The van der Waals surface area contributed by atoms with Crippen LogP contribution in [0.3, 0.4) is 0 Å². The van der Waals surface area contributed by atoms with Crippen molar-refractivity contribution in [2.45, 2.75) is 51.2 Å². The van der Waals surface area contributed by atoms with Crippen molar-refractivity contribution in [3.05, 3.63) is 18.2 Å². The Morgan fingerprint density at radius 3 is 2.40 bits per heavy atom. The molecule has 3 nitrogen and oxygen atoms in total. The molecule has 0 atom stereocenters. The van der Waals surface area contributed by atoms with E-state index in [-0.39, 0.29) is 5.75 Å². The normalized spacial score (nSPS) is 16.8. The number of nitrogens with one attached hydrogen (secondary N) is 1. The molecule has 0 amide bonds. The lowest BCUT2D eigenvalue weighted by atomic mass is 10.1. The van der Waals surface area contributed by atoms with Crippen molar-refractivity contribution in [2.75, 3.05) is 12.4 Å². The highest BCUT2D eigenvalue weighted by molar-refractivity contribution is 5.55. The van der Waals surface area contributed by atoms with Crippen LogP contribution in [0.2, 0.25) is 0 Å². The van der Waals surface area contributed by atoms with Crippen LogP contribution in [0.4, 0.5) is 14.5 Å². The van der Waals surface area contributed by atoms with Crippen LogP contribution in [0.1, 0.15) is 38.5 Å². The Hall–Kier alpha value is -1.52. The van der Waals surface area contributed by atoms with Crippen LogP contribution in [0.25, 0.3) is 0 Å². The first-order chi connectivity index (χ1) is 9.69. The van der Waals surface area contributed by atoms with E-state index in [1.807, 2.05) is 6.07 Å². The Morgan fingerprint density at radius 2 is 1.80 bits per heavy atom. The van der Waals surface area contributed by atoms with Gasteiger partial charge in [-0.15, -0.1) is 0 Å². The van der Waals surface area contributed by atoms with E-state index in [1.165, 1.54) is 32.8 Å². The molecule has 1 fully saturated rings. The fourth-order valence-corrected chi connectivity index (χ4v) is 2.61. The van der Waals surface area contributed by atoms with Crippen LogP contribution in [-0.4, -0.2) is 19.8 Å². The summed E-state index contributed by atoms with van der Waals surface area (Å²) in [4.78, 5) is 0. The van der Waals surface area contributed by atoms with E-state index in [0.717, 1.165) is 18.5 Å². The van der Waals surface area contributed by atoms with Crippen molar-refractivity contribution in [1.82, 2.24) is 0 Å². The summed E-state index contributed by atoms with van der Waals surface area (Å²) in [6.45, 7) is -2.85. The van der Waals surface area contributed by atoms with E-state index in [0.29, 0.717) is 11.8 Å². The Kier molecular flexibility index (Phi) is 5.44. The molecule has 1 aliphatic rings. The summed E-state index contributed by atoms with van der Waals surface area (Å²) in [7, 11) is 1.44. The molecule has 112 valence electrons. The van der Waals surface area contributed by atoms with Crippen molar-refractivity contribution >= 4 is 5.69 Å². The van der Waals surface area contributed by atoms with Crippen LogP contribution < -0.4 is 14.8 Å². The summed E-state index contributed by atoms with van der Waals surface area (Å²) in [6.07, 6.45) is 7.23. The van der Waals surface area contributed by atoms with Crippen LogP contribution in [-0.2, 0) is 0 Å². The average Bonchev–Trinajstić information content (AvgIpc) is 2.67. The zero-order valence-electron chi connectivity index (χ0n) is 11.7. The summed E-state index contributed by atoms with van der Waals surface area (Å²) in [5.74, 6) is 0.387. The number of halogens is 2. The van der Waals surface area contributed by atoms with Gasteiger partial charge in [0.2, 0.25) is 0 Å². The Labute approximate surface area is 118 Å². The molecule has 0 aromatic heterocycles. The predicted molar refractivity (Wildman–Crippen MR) is 74.7 cm³/mol. The largest absolute Gasteiger partial charge is 0.493 e. The van der Waals surface area contributed by atoms with Crippen LogP contribution in [0.5, 0.6) is 11.5 Å². The molecule has 0 aliphatic heterocycles. The van der Waals surface area contributed by atoms with Gasteiger partial charge in [-0.1, -0.05) is 25.7 Å². The van der Waals surface area contributed by atoms with E-state index in [4.69, 9.17) is 4.74 Å². The topological polar surface area (TPSA) is 30.5 Å². The van der Waals surface area contributed by atoms with Crippen molar-refractivity contribution in [3.8, 4) is 11.5 Å². The number of ether oxygens (including phenoxy) is 2. The van der Waals surface area contributed by atoms with E-state index >= 15 is 0 Å². The first-order valence-corrected chi connectivity index (χ1v) is 7.08. The van der Waals surface area contributed by atoms with Gasteiger partial charge in [-0.2, -0.15) is 8.78 Å². The summed E-state index contributed by atoms with van der Waals surface area (Å²) in [6, 6.07) is 5.47. The van der Waals surface area contributed by atoms with Crippen molar-refractivity contribution in [1.29, 1.82) is 0 Å². The Balaban J connectivity index is 2.07. The highest BCUT2D eigenvalue weighted by atomic mass is 19.3. The van der Waals surface area contributed by atoms with Crippen molar-refractivity contribution < 1.29 is 18.3 Å². The third-order valence-corrected chi connectivity index (χ3v) is 3.61. The number of benzene rings is 1. The lowest BCUT2D eigenvalue weighted by Crippen LogP contribution is -2.18. The van der Waals surface area contributed by atoms with E-state index in [9.17, 15) is 8.78 Å². The van der Waals surface area contributed by atoms with Gasteiger partial charge in [0.1, 0.15) is 0 Å². The molecule has 1 N–H and O–H groups in total. The maximum Gasteiger partial charge on any atom is 0.387 e. The number of alkyl halides is 2. The summed E-state index contributed by atoms with van der Waals surface area (Å²) < 4.78 is 34.3. The first-order valence-electron chi connectivity index (χ1n) is 7.08. The fourth-order valence-electron chi connectivity index (χ4n) is 2.61. The summed E-state index contributed by atoms with van der Waals surface area (Å²) in [5.41, 5.74) is 0.799. The van der Waals surface area contributed by atoms with Crippen molar-refractivity contribution in [2.24, 2.45) is 0 Å². The van der Waals surface area contributed by atoms with E-state index in [1.54, 1.807) is 12.1 Å². The number of methoxy groups -OCH3 is 1. The molecular weight excluding hydrogens is 264 g/mol. The number of hydrogen-bond donors (Lipinski definition) is 1. The molecule has 1 aliphatic carbocycles. The van der Waals surface area contributed by atoms with Crippen molar-refractivity contribution in [3.63, 3.8) is 0 Å². The molecule has 0 heterocycles. The molecule has 0 spiro atoms. The number of rotatable bonds is 5. The molecule has 0 radical (unpaired) electrons. The first kappa shape index (κ1) is 14.9. The number of hydrogen-bond acceptors (Lipinski definition) is 3. The van der Waals surface area contributed by atoms with Crippen LogP contribution in [0, 0.1) is 0 Å². The fraction of sp³-hybridized carbons (Fsp3) is 0.600. The van der Waals surface area contributed by atoms with Gasteiger partial charge in [-0.05, 0) is 25.0 Å². The second-order valence-corrected chi connectivity index (χ2v) is 5.08. The van der Waals surface area contributed by atoms with Gasteiger partial charge in [0.25, 0.3) is 0 Å². The SMILES string of the molecule is COc1ccc(NC2CCCCCC2)cc1OC(F)F. The lowest BCUT2D eigenvalue weighted by Gasteiger charge is -2.19. The molecule has 1 aromatic rings. The molecule has 1 saturated carbocycles. The van der Waals surface area contributed by atoms with Gasteiger partial charge >= 0.3 is 6.61 Å². The summed E-state index contributed by atoms with van der Waals surface area (Å²) >= 11 is 0. The summed E-state index contributed by atoms with van der Waals surface area (Å²) in [5, 5.41) is 3.41. The molecule has 0 saturated heterocycles. The van der Waals surface area contributed by atoms with Gasteiger partial charge in [-0.3, -0.25) is 0 Å². The minimum absolute atomic E-state index is 0.0705. The maximum atomic E-state index is 12.4. The monoisotopic (exact) mass is 285 g/mol. The minimum atomic E-state index is -2.85. The number of anilines is 1. The second-order valence-electron chi connectivity index (χ2n) is 5.08.